The Kier molecular flexibility index (Phi) is 5.89. The predicted octanol–water partition coefficient (Wildman–Crippen LogP) is 3.08. The van der Waals surface area contributed by atoms with Crippen LogP contribution in [-0.4, -0.2) is 34.4 Å². The Morgan fingerprint density at radius 2 is 1.38 bits per heavy atom. The monoisotopic (exact) mass is 332 g/mol. The van der Waals surface area contributed by atoms with Crippen LogP contribution in [-0.2, 0) is 11.3 Å². The van der Waals surface area contributed by atoms with Gasteiger partial charge in [-0.2, -0.15) is 0 Å². The van der Waals surface area contributed by atoms with Crippen molar-refractivity contribution >= 4 is 5.97 Å². The van der Waals surface area contributed by atoms with Gasteiger partial charge in [0.25, 0.3) is 0 Å². The molecule has 2 aromatic rings. The van der Waals surface area contributed by atoms with Gasteiger partial charge in [-0.1, -0.05) is 18.2 Å². The summed E-state index contributed by atoms with van der Waals surface area (Å²) < 4.78 is 26.3. The average Bonchev–Trinajstić information content (AvgIpc) is 2.64. The van der Waals surface area contributed by atoms with Gasteiger partial charge in [-0.3, -0.25) is 0 Å². The number of carbonyl (C=O) groups excluding carboxylic acids is 1. The number of ether oxygens (including phenoxy) is 5. The van der Waals surface area contributed by atoms with E-state index in [0.717, 1.165) is 5.56 Å². The van der Waals surface area contributed by atoms with Crippen LogP contribution in [0.2, 0.25) is 0 Å². The highest BCUT2D eigenvalue weighted by Gasteiger charge is 2.19. The van der Waals surface area contributed by atoms with Crippen LogP contribution in [0.4, 0.5) is 0 Å². The SMILES string of the molecule is COc1ccccc1COC(=O)c1cc(OC)c(OC)cc1OC. The first kappa shape index (κ1) is 17.5. The van der Waals surface area contributed by atoms with Crippen molar-refractivity contribution in [2.24, 2.45) is 0 Å². The summed E-state index contributed by atoms with van der Waals surface area (Å²) in [6, 6.07) is 10.4. The van der Waals surface area contributed by atoms with Crippen LogP contribution < -0.4 is 18.9 Å². The molecule has 128 valence electrons. The number of carbonyl (C=O) groups is 1. The van der Waals surface area contributed by atoms with Gasteiger partial charge in [0.15, 0.2) is 11.5 Å². The van der Waals surface area contributed by atoms with Crippen molar-refractivity contribution in [3.8, 4) is 23.0 Å². The lowest BCUT2D eigenvalue weighted by Gasteiger charge is -2.14. The lowest BCUT2D eigenvalue weighted by atomic mass is 10.1. The third kappa shape index (κ3) is 3.71. The summed E-state index contributed by atoms with van der Waals surface area (Å²) >= 11 is 0. The highest BCUT2D eigenvalue weighted by Crippen LogP contribution is 2.35. The summed E-state index contributed by atoms with van der Waals surface area (Å²) in [5, 5.41) is 0. The molecule has 0 saturated carbocycles. The van der Waals surface area contributed by atoms with E-state index in [-0.39, 0.29) is 12.2 Å². The molecule has 6 heteroatoms. The van der Waals surface area contributed by atoms with Crippen molar-refractivity contribution in [3.63, 3.8) is 0 Å². The highest BCUT2D eigenvalue weighted by atomic mass is 16.5. The molecule has 0 radical (unpaired) electrons. The summed E-state index contributed by atoms with van der Waals surface area (Å²) in [6.07, 6.45) is 0. The molecule has 0 heterocycles. The molecule has 0 N–H and O–H groups in total. The lowest BCUT2D eigenvalue weighted by Crippen LogP contribution is -2.08. The Labute approximate surface area is 140 Å². The molecule has 0 aromatic heterocycles. The molecule has 0 spiro atoms. The van der Waals surface area contributed by atoms with E-state index in [1.54, 1.807) is 19.2 Å². The van der Waals surface area contributed by atoms with Crippen molar-refractivity contribution in [2.45, 2.75) is 6.61 Å². The van der Waals surface area contributed by atoms with Gasteiger partial charge in [0.05, 0.1) is 28.4 Å². The smallest absolute Gasteiger partial charge is 0.342 e. The minimum atomic E-state index is -0.529. The van der Waals surface area contributed by atoms with Crippen LogP contribution in [0.1, 0.15) is 15.9 Å². The van der Waals surface area contributed by atoms with Crippen LogP contribution in [0, 0.1) is 0 Å². The first-order valence-corrected chi connectivity index (χ1v) is 7.23. The quantitative estimate of drug-likeness (QED) is 0.726. The molecular weight excluding hydrogens is 312 g/mol. The van der Waals surface area contributed by atoms with E-state index in [0.29, 0.717) is 23.0 Å². The predicted molar refractivity (Wildman–Crippen MR) is 88.2 cm³/mol. The number of methoxy groups -OCH3 is 4. The Hall–Kier alpha value is -2.89. The van der Waals surface area contributed by atoms with Gasteiger partial charge in [0.2, 0.25) is 0 Å². The number of rotatable bonds is 7. The minimum Gasteiger partial charge on any atom is -0.496 e. The van der Waals surface area contributed by atoms with Crippen LogP contribution in [0.15, 0.2) is 36.4 Å². The van der Waals surface area contributed by atoms with Gasteiger partial charge in [0.1, 0.15) is 23.7 Å². The van der Waals surface area contributed by atoms with E-state index < -0.39 is 5.97 Å². The van der Waals surface area contributed by atoms with Crippen LogP contribution in [0.3, 0.4) is 0 Å². The van der Waals surface area contributed by atoms with Crippen LogP contribution in [0.25, 0.3) is 0 Å². The highest BCUT2D eigenvalue weighted by molar-refractivity contribution is 5.93. The number of esters is 1. The molecule has 0 bridgehead atoms. The molecule has 6 nitrogen and oxygen atoms in total. The molecule has 2 aromatic carbocycles. The van der Waals surface area contributed by atoms with E-state index in [1.807, 2.05) is 18.2 Å². The molecule has 24 heavy (non-hydrogen) atoms. The molecule has 0 amide bonds. The largest absolute Gasteiger partial charge is 0.496 e. The first-order valence-electron chi connectivity index (χ1n) is 7.23. The maximum atomic E-state index is 12.4. The average molecular weight is 332 g/mol. The third-order valence-corrected chi connectivity index (χ3v) is 3.48. The van der Waals surface area contributed by atoms with Crippen molar-refractivity contribution in [1.82, 2.24) is 0 Å². The van der Waals surface area contributed by atoms with Crippen molar-refractivity contribution in [1.29, 1.82) is 0 Å². The van der Waals surface area contributed by atoms with Crippen LogP contribution in [0.5, 0.6) is 23.0 Å². The zero-order valence-electron chi connectivity index (χ0n) is 14.1. The fourth-order valence-electron chi connectivity index (χ4n) is 2.23. The fraction of sp³-hybridized carbons (Fsp3) is 0.278. The Morgan fingerprint density at radius 3 is 2.00 bits per heavy atom. The first-order chi connectivity index (χ1) is 11.6. The Morgan fingerprint density at radius 1 is 0.792 bits per heavy atom. The Bertz CT molecular complexity index is 711. The van der Waals surface area contributed by atoms with E-state index in [1.165, 1.54) is 27.4 Å². The number of benzene rings is 2. The van der Waals surface area contributed by atoms with Crippen molar-refractivity contribution in [2.75, 3.05) is 28.4 Å². The molecule has 0 aliphatic carbocycles. The molecule has 0 atom stereocenters. The number of hydrogen-bond acceptors (Lipinski definition) is 6. The summed E-state index contributed by atoms with van der Waals surface area (Å²) in [7, 11) is 6.04. The maximum Gasteiger partial charge on any atom is 0.342 e. The minimum absolute atomic E-state index is 0.0837. The van der Waals surface area contributed by atoms with Gasteiger partial charge >= 0.3 is 5.97 Å². The fourth-order valence-corrected chi connectivity index (χ4v) is 2.23. The standard InChI is InChI=1S/C18H20O6/c1-20-14-8-6-5-7-12(14)11-24-18(19)13-9-16(22-3)17(23-4)10-15(13)21-2/h5-10H,11H2,1-4H3. The summed E-state index contributed by atoms with van der Waals surface area (Å²) in [6.45, 7) is 0.0837. The van der Waals surface area contributed by atoms with Gasteiger partial charge in [0, 0.05) is 17.7 Å². The van der Waals surface area contributed by atoms with Gasteiger partial charge in [-0.25, -0.2) is 4.79 Å². The second-order valence-electron chi connectivity index (χ2n) is 4.80. The van der Waals surface area contributed by atoms with E-state index >= 15 is 0 Å². The van der Waals surface area contributed by atoms with Gasteiger partial charge < -0.3 is 23.7 Å². The second-order valence-corrected chi connectivity index (χ2v) is 4.80. The molecule has 0 fully saturated rings. The topological polar surface area (TPSA) is 63.2 Å². The molecule has 0 aliphatic rings. The van der Waals surface area contributed by atoms with E-state index in [4.69, 9.17) is 23.7 Å². The number of hydrogen-bond donors (Lipinski definition) is 0. The molecule has 2 rings (SSSR count). The summed E-state index contributed by atoms with van der Waals surface area (Å²) in [5.74, 6) is 1.36. The zero-order chi connectivity index (χ0) is 17.5. The zero-order valence-corrected chi connectivity index (χ0v) is 14.1. The van der Waals surface area contributed by atoms with E-state index in [2.05, 4.69) is 0 Å². The van der Waals surface area contributed by atoms with Crippen molar-refractivity contribution < 1.29 is 28.5 Å². The number of para-hydroxylation sites is 1. The molecule has 0 saturated heterocycles. The molecule has 0 aliphatic heterocycles. The lowest BCUT2D eigenvalue weighted by molar-refractivity contribution is 0.0466. The molecular formula is C18H20O6. The summed E-state index contributed by atoms with van der Waals surface area (Å²) in [4.78, 5) is 12.4. The van der Waals surface area contributed by atoms with Gasteiger partial charge in [-0.15, -0.1) is 0 Å². The Balaban J connectivity index is 2.23. The van der Waals surface area contributed by atoms with Gasteiger partial charge in [-0.05, 0) is 6.07 Å². The molecule has 0 unspecified atom stereocenters. The normalized spacial score (nSPS) is 10.0. The second kappa shape index (κ2) is 8.10. The third-order valence-electron chi connectivity index (χ3n) is 3.48. The van der Waals surface area contributed by atoms with E-state index in [9.17, 15) is 4.79 Å². The van der Waals surface area contributed by atoms with Crippen molar-refractivity contribution in [3.05, 3.63) is 47.5 Å². The summed E-state index contributed by atoms with van der Waals surface area (Å²) in [5.41, 5.74) is 1.03. The van der Waals surface area contributed by atoms with Crippen LogP contribution >= 0.6 is 0 Å². The maximum absolute atomic E-state index is 12.4.